The standard InChI is InChI=1S/C16H22ClNO2/c1-2-3-12-20-15-6-4-13(5-7-15)16(19)18-10-8-14(17)9-11-18/h4-7,14H,2-3,8-12H2,1H3. The Balaban J connectivity index is 1.90. The van der Waals surface area contributed by atoms with Gasteiger partial charge in [0.2, 0.25) is 0 Å². The molecule has 1 aromatic carbocycles. The molecule has 3 nitrogen and oxygen atoms in total. The fraction of sp³-hybridized carbons (Fsp3) is 0.562. The van der Waals surface area contributed by atoms with Crippen LogP contribution in [0.1, 0.15) is 43.0 Å². The first-order chi connectivity index (χ1) is 9.70. The molecular formula is C16H22ClNO2. The van der Waals surface area contributed by atoms with E-state index in [1.54, 1.807) is 0 Å². The van der Waals surface area contributed by atoms with Crippen LogP contribution in [0.25, 0.3) is 0 Å². The first-order valence-corrected chi connectivity index (χ1v) is 7.80. The van der Waals surface area contributed by atoms with Crippen molar-refractivity contribution in [1.82, 2.24) is 4.90 Å². The molecule has 1 aliphatic rings. The van der Waals surface area contributed by atoms with Gasteiger partial charge in [0.1, 0.15) is 5.75 Å². The van der Waals surface area contributed by atoms with Crippen LogP contribution in [0.5, 0.6) is 5.75 Å². The van der Waals surface area contributed by atoms with Crippen molar-refractivity contribution in [3.05, 3.63) is 29.8 Å². The van der Waals surface area contributed by atoms with Crippen molar-refractivity contribution in [1.29, 1.82) is 0 Å². The second-order valence-corrected chi connectivity index (χ2v) is 5.81. The lowest BCUT2D eigenvalue weighted by Gasteiger charge is -2.29. The van der Waals surface area contributed by atoms with Gasteiger partial charge < -0.3 is 9.64 Å². The van der Waals surface area contributed by atoms with Gasteiger partial charge in [-0.3, -0.25) is 4.79 Å². The van der Waals surface area contributed by atoms with Gasteiger partial charge in [-0.2, -0.15) is 0 Å². The lowest BCUT2D eigenvalue weighted by atomic mass is 10.1. The number of hydrogen-bond donors (Lipinski definition) is 0. The van der Waals surface area contributed by atoms with E-state index in [9.17, 15) is 4.79 Å². The Morgan fingerprint density at radius 1 is 1.30 bits per heavy atom. The van der Waals surface area contributed by atoms with E-state index in [-0.39, 0.29) is 11.3 Å². The first-order valence-electron chi connectivity index (χ1n) is 7.37. The van der Waals surface area contributed by atoms with Crippen LogP contribution in [-0.2, 0) is 0 Å². The third kappa shape index (κ3) is 4.14. The number of hydrogen-bond acceptors (Lipinski definition) is 2. The highest BCUT2D eigenvalue weighted by molar-refractivity contribution is 6.20. The topological polar surface area (TPSA) is 29.5 Å². The number of nitrogens with zero attached hydrogens (tertiary/aromatic N) is 1. The lowest BCUT2D eigenvalue weighted by molar-refractivity contribution is 0.0726. The zero-order valence-electron chi connectivity index (χ0n) is 12.0. The van der Waals surface area contributed by atoms with E-state index < -0.39 is 0 Å². The molecule has 1 aliphatic heterocycles. The molecule has 0 spiro atoms. The van der Waals surface area contributed by atoms with Gasteiger partial charge in [-0.1, -0.05) is 13.3 Å². The molecule has 0 N–H and O–H groups in total. The van der Waals surface area contributed by atoms with Gasteiger partial charge in [0.05, 0.1) is 6.61 Å². The highest BCUT2D eigenvalue weighted by Crippen LogP contribution is 2.19. The molecule has 2 rings (SSSR count). The SMILES string of the molecule is CCCCOc1ccc(C(=O)N2CCC(Cl)CC2)cc1. The fourth-order valence-corrected chi connectivity index (χ4v) is 2.46. The average molecular weight is 296 g/mol. The lowest BCUT2D eigenvalue weighted by Crippen LogP contribution is -2.38. The number of likely N-dealkylation sites (tertiary alicyclic amines) is 1. The third-order valence-corrected chi connectivity index (χ3v) is 4.02. The third-order valence-electron chi connectivity index (χ3n) is 3.58. The Morgan fingerprint density at radius 2 is 1.95 bits per heavy atom. The predicted molar refractivity (Wildman–Crippen MR) is 81.6 cm³/mol. The summed E-state index contributed by atoms with van der Waals surface area (Å²) < 4.78 is 5.60. The first kappa shape index (κ1) is 15.2. The number of carbonyl (C=O) groups excluding carboxylic acids is 1. The minimum atomic E-state index is 0.0914. The maximum atomic E-state index is 12.3. The van der Waals surface area contributed by atoms with Crippen molar-refractivity contribution in [3.8, 4) is 5.75 Å². The van der Waals surface area contributed by atoms with Crippen molar-refractivity contribution >= 4 is 17.5 Å². The van der Waals surface area contributed by atoms with Crippen LogP contribution in [-0.4, -0.2) is 35.9 Å². The highest BCUT2D eigenvalue weighted by atomic mass is 35.5. The Bertz CT molecular complexity index is 425. The van der Waals surface area contributed by atoms with Gasteiger partial charge >= 0.3 is 0 Å². The number of benzene rings is 1. The molecule has 1 saturated heterocycles. The highest BCUT2D eigenvalue weighted by Gasteiger charge is 2.22. The quantitative estimate of drug-likeness (QED) is 0.612. The summed E-state index contributed by atoms with van der Waals surface area (Å²) in [6.07, 6.45) is 3.93. The normalized spacial score (nSPS) is 16.2. The van der Waals surface area contributed by atoms with E-state index in [1.165, 1.54) is 0 Å². The van der Waals surface area contributed by atoms with Crippen LogP contribution >= 0.6 is 11.6 Å². The van der Waals surface area contributed by atoms with E-state index in [1.807, 2.05) is 29.2 Å². The molecule has 0 aliphatic carbocycles. The Morgan fingerprint density at radius 3 is 2.55 bits per heavy atom. The largest absolute Gasteiger partial charge is 0.494 e. The summed E-state index contributed by atoms with van der Waals surface area (Å²) >= 11 is 6.06. The van der Waals surface area contributed by atoms with Crippen molar-refractivity contribution in [2.45, 2.75) is 38.0 Å². The van der Waals surface area contributed by atoms with Crippen LogP contribution in [0.15, 0.2) is 24.3 Å². The number of alkyl halides is 1. The van der Waals surface area contributed by atoms with Gasteiger partial charge in [0.25, 0.3) is 5.91 Å². The monoisotopic (exact) mass is 295 g/mol. The van der Waals surface area contributed by atoms with Gasteiger partial charge in [-0.05, 0) is 43.5 Å². The van der Waals surface area contributed by atoms with Crippen LogP contribution in [0, 0.1) is 0 Å². The second-order valence-electron chi connectivity index (χ2n) is 5.19. The molecule has 1 aromatic rings. The molecule has 110 valence electrons. The number of piperidine rings is 1. The molecule has 0 radical (unpaired) electrons. The van der Waals surface area contributed by atoms with Crippen LogP contribution in [0.3, 0.4) is 0 Å². The van der Waals surface area contributed by atoms with Gasteiger partial charge in [-0.25, -0.2) is 0 Å². The smallest absolute Gasteiger partial charge is 0.253 e. The van der Waals surface area contributed by atoms with E-state index in [2.05, 4.69) is 6.92 Å². The summed E-state index contributed by atoms with van der Waals surface area (Å²) in [5, 5.41) is 0.216. The summed E-state index contributed by atoms with van der Waals surface area (Å²) in [6.45, 7) is 4.37. The zero-order chi connectivity index (χ0) is 14.4. The predicted octanol–water partition coefficient (Wildman–Crippen LogP) is 3.71. The molecule has 0 atom stereocenters. The summed E-state index contributed by atoms with van der Waals surface area (Å²) in [5.74, 6) is 0.920. The summed E-state index contributed by atoms with van der Waals surface area (Å²) in [5.41, 5.74) is 0.723. The molecule has 4 heteroatoms. The maximum Gasteiger partial charge on any atom is 0.253 e. The Hall–Kier alpha value is -1.22. The number of rotatable bonds is 5. The van der Waals surface area contributed by atoms with Crippen molar-refractivity contribution in [2.75, 3.05) is 19.7 Å². The summed E-state index contributed by atoms with van der Waals surface area (Å²) in [6, 6.07) is 7.43. The number of ether oxygens (including phenoxy) is 1. The van der Waals surface area contributed by atoms with Gasteiger partial charge in [0, 0.05) is 24.0 Å². The molecule has 20 heavy (non-hydrogen) atoms. The van der Waals surface area contributed by atoms with E-state index in [0.29, 0.717) is 0 Å². The number of amides is 1. The molecule has 1 heterocycles. The molecular weight excluding hydrogens is 274 g/mol. The average Bonchev–Trinajstić information content (AvgIpc) is 2.48. The maximum absolute atomic E-state index is 12.3. The van der Waals surface area contributed by atoms with Crippen LogP contribution in [0.4, 0.5) is 0 Å². The van der Waals surface area contributed by atoms with Crippen molar-refractivity contribution < 1.29 is 9.53 Å². The molecule has 1 amide bonds. The minimum absolute atomic E-state index is 0.0914. The molecule has 1 fully saturated rings. The van der Waals surface area contributed by atoms with E-state index in [4.69, 9.17) is 16.3 Å². The molecule has 0 bridgehead atoms. The van der Waals surface area contributed by atoms with E-state index >= 15 is 0 Å². The number of unbranched alkanes of at least 4 members (excludes halogenated alkanes) is 1. The van der Waals surface area contributed by atoms with Crippen LogP contribution in [0.2, 0.25) is 0 Å². The molecule has 0 aromatic heterocycles. The Kier molecular flexibility index (Phi) is 5.72. The Labute approximate surface area is 125 Å². The van der Waals surface area contributed by atoms with Crippen LogP contribution < -0.4 is 4.74 Å². The van der Waals surface area contributed by atoms with Gasteiger partial charge in [-0.15, -0.1) is 11.6 Å². The number of halogens is 1. The van der Waals surface area contributed by atoms with Crippen molar-refractivity contribution in [2.24, 2.45) is 0 Å². The van der Waals surface area contributed by atoms with Gasteiger partial charge in [0.15, 0.2) is 0 Å². The van der Waals surface area contributed by atoms with E-state index in [0.717, 1.165) is 56.7 Å². The zero-order valence-corrected chi connectivity index (χ0v) is 12.7. The molecule has 0 unspecified atom stereocenters. The molecule has 0 saturated carbocycles. The summed E-state index contributed by atoms with van der Waals surface area (Å²) in [4.78, 5) is 14.2. The fourth-order valence-electron chi connectivity index (χ4n) is 2.26. The number of carbonyl (C=O) groups is 1. The minimum Gasteiger partial charge on any atom is -0.494 e. The van der Waals surface area contributed by atoms with Crippen molar-refractivity contribution in [3.63, 3.8) is 0 Å². The summed E-state index contributed by atoms with van der Waals surface area (Å²) in [7, 11) is 0. The second kappa shape index (κ2) is 7.53.